The van der Waals surface area contributed by atoms with E-state index in [0.29, 0.717) is 11.5 Å². The summed E-state index contributed by atoms with van der Waals surface area (Å²) in [5.74, 6) is 2.14. The molecule has 6 heteroatoms. The monoisotopic (exact) mass is 811 g/mol. The van der Waals surface area contributed by atoms with Gasteiger partial charge in [-0.2, -0.15) is 16.7 Å². The molecule has 0 aliphatic rings. The number of pyridine rings is 1. The van der Waals surface area contributed by atoms with E-state index in [0.717, 1.165) is 74.4 Å². The molecule has 0 atom stereocenters. The molecule has 0 amide bonds. The number of aryl methyl sites for hydroxylation is 4. The van der Waals surface area contributed by atoms with Crippen molar-refractivity contribution in [2.75, 3.05) is 0 Å². The first-order chi connectivity index (χ1) is 22.9. The number of hydrogen-bond donors (Lipinski definition) is 0. The molecule has 4 aromatic carbocycles. The van der Waals surface area contributed by atoms with Crippen LogP contribution >= 0.6 is 0 Å². The predicted octanol–water partition coefficient (Wildman–Crippen LogP) is 10.6. The standard InChI is InChI=1S/C42H40N4O.Pt/c1-6-8-10-13-32-16-19-39-38(25-32)37-18-17-35(27-40(37)45(39)41-22-28(3)20-21-43-41)47-36-24-31(7-2)23-34(26-36)46-30(5)42(29(4)44-46)33-14-11-9-12-15-33;/h9,11-12,14-25H,6-8,10,13H2,1-5H3;/q-2;+2. The first-order valence-electron chi connectivity index (χ1n) is 16.7. The number of fused-ring (bicyclic) bond motifs is 3. The number of nitrogens with zero attached hydrogens (tertiary/aromatic N) is 4. The van der Waals surface area contributed by atoms with Crippen LogP contribution in [0.3, 0.4) is 0 Å². The van der Waals surface area contributed by atoms with E-state index in [4.69, 9.17) is 14.8 Å². The molecule has 0 aliphatic heterocycles. The third-order valence-corrected chi connectivity index (χ3v) is 9.01. The zero-order valence-corrected chi connectivity index (χ0v) is 30.5. The van der Waals surface area contributed by atoms with E-state index in [-0.39, 0.29) is 21.1 Å². The Bertz CT molecular complexity index is 2210. The van der Waals surface area contributed by atoms with Gasteiger partial charge in [0.15, 0.2) is 0 Å². The zero-order valence-electron chi connectivity index (χ0n) is 28.2. The van der Waals surface area contributed by atoms with Crippen LogP contribution in [-0.4, -0.2) is 19.3 Å². The molecule has 0 fully saturated rings. The van der Waals surface area contributed by atoms with Crippen molar-refractivity contribution in [1.82, 2.24) is 19.3 Å². The fraction of sp³-hybridized carbons (Fsp3) is 0.238. The Morgan fingerprint density at radius 1 is 0.771 bits per heavy atom. The maximum absolute atomic E-state index is 6.57. The van der Waals surface area contributed by atoms with Gasteiger partial charge in [0.05, 0.1) is 5.69 Å². The molecule has 0 saturated heterocycles. The van der Waals surface area contributed by atoms with Crippen LogP contribution in [0, 0.1) is 32.9 Å². The van der Waals surface area contributed by atoms with Gasteiger partial charge in [0.1, 0.15) is 5.82 Å². The molecule has 48 heavy (non-hydrogen) atoms. The van der Waals surface area contributed by atoms with Gasteiger partial charge in [0, 0.05) is 34.5 Å². The maximum atomic E-state index is 6.57. The van der Waals surface area contributed by atoms with Gasteiger partial charge in [-0.3, -0.25) is 4.68 Å². The van der Waals surface area contributed by atoms with Crippen LogP contribution in [0.1, 0.15) is 61.2 Å². The third-order valence-electron chi connectivity index (χ3n) is 9.01. The Morgan fingerprint density at radius 3 is 2.38 bits per heavy atom. The van der Waals surface area contributed by atoms with Crippen molar-refractivity contribution in [3.05, 3.63) is 131 Å². The van der Waals surface area contributed by atoms with E-state index in [1.165, 1.54) is 30.2 Å². The second kappa shape index (κ2) is 14.3. The van der Waals surface area contributed by atoms with Crippen molar-refractivity contribution in [3.8, 4) is 34.1 Å². The van der Waals surface area contributed by atoms with Gasteiger partial charge in [-0.25, -0.2) is 4.98 Å². The van der Waals surface area contributed by atoms with E-state index < -0.39 is 0 Å². The quantitative estimate of drug-likeness (QED) is 0.102. The number of rotatable bonds is 10. The Morgan fingerprint density at radius 2 is 1.60 bits per heavy atom. The van der Waals surface area contributed by atoms with Crippen LogP contribution in [0.25, 0.3) is 44.4 Å². The summed E-state index contributed by atoms with van der Waals surface area (Å²) in [5.41, 5.74) is 10.9. The Kier molecular flexibility index (Phi) is 9.98. The average molecular weight is 812 g/mol. The molecular weight excluding hydrogens is 772 g/mol. The van der Waals surface area contributed by atoms with E-state index in [2.05, 4.69) is 118 Å². The molecule has 0 spiro atoms. The molecule has 0 saturated carbocycles. The Balaban J connectivity index is 0.00000401. The Labute approximate surface area is 297 Å². The van der Waals surface area contributed by atoms with Gasteiger partial charge in [-0.05, 0) is 79.6 Å². The minimum absolute atomic E-state index is 0. The zero-order chi connectivity index (χ0) is 32.5. The van der Waals surface area contributed by atoms with E-state index in [9.17, 15) is 0 Å². The largest absolute Gasteiger partial charge is 2.00 e. The first kappa shape index (κ1) is 33.4. The molecule has 3 aromatic heterocycles. The average Bonchev–Trinajstić information content (AvgIpc) is 3.57. The normalized spacial score (nSPS) is 11.3. The second-order valence-electron chi connectivity index (χ2n) is 12.4. The summed E-state index contributed by atoms with van der Waals surface area (Å²) < 4.78 is 10.8. The maximum Gasteiger partial charge on any atom is 2.00 e. The number of aromatic nitrogens is 4. The molecular formula is C42H40N4OPt. The number of hydrogen-bond acceptors (Lipinski definition) is 3. The minimum Gasteiger partial charge on any atom is -0.509 e. The van der Waals surface area contributed by atoms with Gasteiger partial charge in [-0.15, -0.1) is 35.7 Å². The molecule has 0 bridgehead atoms. The summed E-state index contributed by atoms with van der Waals surface area (Å²) in [7, 11) is 0. The van der Waals surface area contributed by atoms with Crippen LogP contribution in [0.5, 0.6) is 11.5 Å². The van der Waals surface area contributed by atoms with E-state index in [1.807, 2.05) is 29.1 Å². The first-order valence-corrected chi connectivity index (χ1v) is 16.7. The minimum atomic E-state index is 0. The Hall–Kier alpha value is -4.47. The molecule has 5 nitrogen and oxygen atoms in total. The van der Waals surface area contributed by atoms with E-state index in [1.54, 1.807) is 0 Å². The van der Waals surface area contributed by atoms with Gasteiger partial charge < -0.3 is 9.30 Å². The van der Waals surface area contributed by atoms with Crippen molar-refractivity contribution < 1.29 is 25.8 Å². The van der Waals surface area contributed by atoms with Crippen molar-refractivity contribution in [1.29, 1.82) is 0 Å². The van der Waals surface area contributed by atoms with Gasteiger partial charge >= 0.3 is 21.1 Å². The van der Waals surface area contributed by atoms with Gasteiger partial charge in [0.25, 0.3) is 0 Å². The number of ether oxygens (including phenoxy) is 1. The smallest absolute Gasteiger partial charge is 0.509 e. The summed E-state index contributed by atoms with van der Waals surface area (Å²) in [5, 5.41) is 7.28. The van der Waals surface area contributed by atoms with Gasteiger partial charge in [0.2, 0.25) is 0 Å². The topological polar surface area (TPSA) is 44.9 Å². The van der Waals surface area contributed by atoms with E-state index >= 15 is 0 Å². The van der Waals surface area contributed by atoms with Crippen molar-refractivity contribution in [2.45, 2.75) is 66.7 Å². The summed E-state index contributed by atoms with van der Waals surface area (Å²) in [4.78, 5) is 4.77. The summed E-state index contributed by atoms with van der Waals surface area (Å²) in [6.45, 7) is 10.7. The molecule has 3 heterocycles. The van der Waals surface area contributed by atoms with Gasteiger partial charge in [-0.1, -0.05) is 81.1 Å². The summed E-state index contributed by atoms with van der Waals surface area (Å²) in [6, 6.07) is 36.9. The molecule has 7 rings (SSSR count). The number of benzene rings is 4. The molecule has 0 unspecified atom stereocenters. The van der Waals surface area contributed by atoms with Crippen molar-refractivity contribution in [2.24, 2.45) is 0 Å². The van der Waals surface area contributed by atoms with Crippen molar-refractivity contribution in [3.63, 3.8) is 0 Å². The summed E-state index contributed by atoms with van der Waals surface area (Å²) in [6.07, 6.45) is 7.47. The fourth-order valence-corrected chi connectivity index (χ4v) is 6.62. The second-order valence-corrected chi connectivity index (χ2v) is 12.4. The fourth-order valence-electron chi connectivity index (χ4n) is 6.62. The van der Waals surface area contributed by atoms with Crippen LogP contribution < -0.4 is 4.74 Å². The molecule has 7 aromatic rings. The molecule has 0 N–H and O–H groups in total. The molecule has 0 aliphatic carbocycles. The predicted molar refractivity (Wildman–Crippen MR) is 192 cm³/mol. The third kappa shape index (κ3) is 6.49. The summed E-state index contributed by atoms with van der Waals surface area (Å²) >= 11 is 0. The number of unbranched alkanes of at least 4 members (excludes halogenated alkanes) is 2. The van der Waals surface area contributed by atoms with Crippen molar-refractivity contribution >= 4 is 21.8 Å². The van der Waals surface area contributed by atoms with Crippen LogP contribution in [0.2, 0.25) is 0 Å². The SMILES string of the molecule is CCCCCc1ccc2c(c1)c1ccc(Oc3[c-]c(-n4nc(C)c(-c5ccccc5)c4C)cc(CC)c3)[c-]c1n2-c1cc(C)ccn1.[Pt+2]. The van der Waals surface area contributed by atoms with Crippen LogP contribution in [-0.2, 0) is 33.9 Å². The molecule has 244 valence electrons. The van der Waals surface area contributed by atoms with Crippen LogP contribution in [0.15, 0.2) is 91.1 Å². The molecule has 0 radical (unpaired) electrons. The van der Waals surface area contributed by atoms with Crippen LogP contribution in [0.4, 0.5) is 0 Å².